The van der Waals surface area contributed by atoms with E-state index < -0.39 is 15.6 Å². The Morgan fingerprint density at radius 3 is 2.44 bits per heavy atom. The van der Waals surface area contributed by atoms with Gasteiger partial charge in [0.2, 0.25) is 10.0 Å². The van der Waals surface area contributed by atoms with Crippen molar-refractivity contribution in [3.63, 3.8) is 0 Å². The Morgan fingerprint density at radius 1 is 1.06 bits per heavy atom. The maximum Gasteiger partial charge on any atom is 0.251 e. The maximum atomic E-state index is 13.0. The minimum atomic E-state index is -3.76. The number of carbonyl (C=O) groups is 1. The molecule has 7 nitrogen and oxygen atoms in total. The van der Waals surface area contributed by atoms with Gasteiger partial charge in [0.1, 0.15) is 0 Å². The van der Waals surface area contributed by atoms with E-state index in [1.165, 1.54) is 25.3 Å². The zero-order valence-corrected chi connectivity index (χ0v) is 20.9. The molecule has 1 saturated heterocycles. The van der Waals surface area contributed by atoms with Crippen LogP contribution in [0.4, 0.5) is 5.69 Å². The number of benzene rings is 1. The summed E-state index contributed by atoms with van der Waals surface area (Å²) in [6.45, 7) is 8.10. The molecule has 0 aromatic heterocycles. The second-order valence-electron chi connectivity index (χ2n) is 10.6. The Morgan fingerprint density at radius 2 is 1.78 bits per heavy atom. The van der Waals surface area contributed by atoms with Crippen LogP contribution < -0.4 is 15.4 Å². The molecule has 1 aliphatic heterocycles. The first kappa shape index (κ1) is 25.0. The summed E-state index contributed by atoms with van der Waals surface area (Å²) in [7, 11) is -1.65. The van der Waals surface area contributed by atoms with Gasteiger partial charge in [0.25, 0.3) is 5.91 Å². The zero-order chi connectivity index (χ0) is 23.4. The molecule has 2 aliphatic rings. The number of piperidine rings is 1. The lowest BCUT2D eigenvalue weighted by atomic mass is 9.95. The van der Waals surface area contributed by atoms with Gasteiger partial charge in [-0.25, -0.2) is 13.1 Å². The van der Waals surface area contributed by atoms with Gasteiger partial charge in [-0.15, -0.1) is 0 Å². The number of likely N-dealkylation sites (tertiary alicyclic amines) is 1. The Hall–Kier alpha value is -1.64. The lowest BCUT2D eigenvalue weighted by Gasteiger charge is -2.29. The van der Waals surface area contributed by atoms with Crippen LogP contribution in [0.2, 0.25) is 0 Å². The topological polar surface area (TPSA) is 90.5 Å². The van der Waals surface area contributed by atoms with Crippen LogP contribution in [-0.4, -0.2) is 57.5 Å². The van der Waals surface area contributed by atoms with Gasteiger partial charge in [0.05, 0.1) is 4.90 Å². The molecular weight excluding hydrogens is 424 g/mol. The van der Waals surface area contributed by atoms with Crippen LogP contribution in [0.3, 0.4) is 0 Å². The van der Waals surface area contributed by atoms with Crippen molar-refractivity contribution in [1.29, 1.82) is 0 Å². The average molecular weight is 465 g/mol. The van der Waals surface area contributed by atoms with Gasteiger partial charge in [-0.3, -0.25) is 4.79 Å². The van der Waals surface area contributed by atoms with Crippen molar-refractivity contribution in [1.82, 2.24) is 14.9 Å². The fourth-order valence-corrected chi connectivity index (χ4v) is 6.18. The number of anilines is 1. The SMILES string of the molecule is CN1CCC[C@H](CNC(=O)c2cc(NC3CCCCC3)cc(S(=O)(=O)NC(C)(C)C)c2)C1. The van der Waals surface area contributed by atoms with Gasteiger partial charge < -0.3 is 15.5 Å². The molecule has 180 valence electrons. The molecule has 1 aromatic carbocycles. The third kappa shape index (κ3) is 7.46. The summed E-state index contributed by atoms with van der Waals surface area (Å²) < 4.78 is 28.8. The number of rotatable bonds is 7. The van der Waals surface area contributed by atoms with Crippen LogP contribution in [0.25, 0.3) is 0 Å². The zero-order valence-electron chi connectivity index (χ0n) is 20.0. The van der Waals surface area contributed by atoms with Crippen LogP contribution in [0, 0.1) is 5.92 Å². The van der Waals surface area contributed by atoms with Gasteiger partial charge >= 0.3 is 0 Å². The van der Waals surface area contributed by atoms with E-state index in [2.05, 4.69) is 27.3 Å². The first-order valence-corrected chi connectivity index (χ1v) is 13.4. The summed E-state index contributed by atoms with van der Waals surface area (Å²) in [5, 5.41) is 6.52. The number of amides is 1. The normalized spacial score (nSPS) is 21.3. The number of sulfonamides is 1. The minimum absolute atomic E-state index is 0.121. The number of nitrogens with one attached hydrogen (secondary N) is 3. The van der Waals surface area contributed by atoms with Crippen LogP contribution >= 0.6 is 0 Å². The molecule has 8 heteroatoms. The van der Waals surface area contributed by atoms with Gasteiger partial charge in [0.15, 0.2) is 0 Å². The van der Waals surface area contributed by atoms with Crippen molar-refractivity contribution >= 4 is 21.6 Å². The molecule has 0 radical (unpaired) electrons. The van der Waals surface area contributed by atoms with E-state index in [0.717, 1.165) is 38.8 Å². The number of carbonyl (C=O) groups excluding carboxylic acids is 1. The second-order valence-corrected chi connectivity index (χ2v) is 12.2. The molecule has 0 bridgehead atoms. The molecule has 1 atom stereocenters. The predicted molar refractivity (Wildman–Crippen MR) is 130 cm³/mol. The Labute approximate surface area is 193 Å². The predicted octanol–water partition coefficient (Wildman–Crippen LogP) is 3.58. The Kier molecular flexibility index (Phi) is 8.22. The smallest absolute Gasteiger partial charge is 0.251 e. The van der Waals surface area contributed by atoms with Gasteiger partial charge in [-0.1, -0.05) is 19.3 Å². The van der Waals surface area contributed by atoms with Crippen molar-refractivity contribution < 1.29 is 13.2 Å². The van der Waals surface area contributed by atoms with E-state index in [0.29, 0.717) is 29.8 Å². The molecule has 2 fully saturated rings. The number of hydrogen-bond acceptors (Lipinski definition) is 5. The van der Waals surface area contributed by atoms with Gasteiger partial charge in [-0.05, 0) is 84.2 Å². The molecule has 1 heterocycles. The van der Waals surface area contributed by atoms with E-state index in [9.17, 15) is 13.2 Å². The van der Waals surface area contributed by atoms with E-state index in [1.807, 2.05) is 20.8 Å². The summed E-state index contributed by atoms with van der Waals surface area (Å²) in [4.78, 5) is 15.4. The van der Waals surface area contributed by atoms with Crippen molar-refractivity contribution in [2.24, 2.45) is 5.92 Å². The average Bonchev–Trinajstić information content (AvgIpc) is 2.71. The van der Waals surface area contributed by atoms with Crippen molar-refractivity contribution in [3.8, 4) is 0 Å². The lowest BCUT2D eigenvalue weighted by molar-refractivity contribution is 0.0936. The Bertz CT molecular complexity index is 889. The molecule has 32 heavy (non-hydrogen) atoms. The molecule has 3 rings (SSSR count). The summed E-state index contributed by atoms with van der Waals surface area (Å²) >= 11 is 0. The van der Waals surface area contributed by atoms with Crippen LogP contribution in [0.15, 0.2) is 23.1 Å². The van der Waals surface area contributed by atoms with Crippen molar-refractivity contribution in [2.45, 2.75) is 82.2 Å². The maximum absolute atomic E-state index is 13.0. The molecular formula is C24H40N4O3S. The third-order valence-electron chi connectivity index (χ3n) is 6.17. The van der Waals surface area contributed by atoms with E-state index in [-0.39, 0.29) is 10.8 Å². The van der Waals surface area contributed by atoms with E-state index in [4.69, 9.17) is 0 Å². The van der Waals surface area contributed by atoms with Crippen molar-refractivity contribution in [3.05, 3.63) is 23.8 Å². The minimum Gasteiger partial charge on any atom is -0.382 e. The van der Waals surface area contributed by atoms with Gasteiger partial charge in [0, 0.05) is 35.9 Å². The monoisotopic (exact) mass is 464 g/mol. The quantitative estimate of drug-likeness (QED) is 0.574. The highest BCUT2D eigenvalue weighted by atomic mass is 32.2. The highest BCUT2D eigenvalue weighted by Crippen LogP contribution is 2.25. The summed E-state index contributed by atoms with van der Waals surface area (Å²) in [5.41, 5.74) is 0.460. The standard InChI is InChI=1S/C24H40N4O3S/c1-24(2,3)27-32(30,31)22-14-19(13-21(15-22)26-20-10-6-5-7-11-20)23(29)25-16-18-9-8-12-28(4)17-18/h13-15,18,20,26-27H,5-12,16-17H2,1-4H3,(H,25,29)/t18-/m1/s1. The molecule has 1 amide bonds. The fourth-order valence-electron chi connectivity index (χ4n) is 4.69. The Balaban J connectivity index is 1.81. The lowest BCUT2D eigenvalue weighted by Crippen LogP contribution is -2.40. The molecule has 1 saturated carbocycles. The number of nitrogens with zero attached hydrogens (tertiary/aromatic N) is 1. The summed E-state index contributed by atoms with van der Waals surface area (Å²) in [6.07, 6.45) is 7.95. The molecule has 0 unspecified atom stereocenters. The summed E-state index contributed by atoms with van der Waals surface area (Å²) in [6, 6.07) is 5.23. The van der Waals surface area contributed by atoms with E-state index >= 15 is 0 Å². The summed E-state index contributed by atoms with van der Waals surface area (Å²) in [5.74, 6) is 0.199. The largest absolute Gasteiger partial charge is 0.382 e. The first-order chi connectivity index (χ1) is 15.0. The van der Waals surface area contributed by atoms with Crippen LogP contribution in [0.1, 0.15) is 76.1 Å². The van der Waals surface area contributed by atoms with Crippen molar-refractivity contribution in [2.75, 3.05) is 32.0 Å². The fraction of sp³-hybridized carbons (Fsp3) is 0.708. The number of hydrogen-bond donors (Lipinski definition) is 3. The highest BCUT2D eigenvalue weighted by molar-refractivity contribution is 7.89. The van der Waals surface area contributed by atoms with Crippen LogP contribution in [-0.2, 0) is 10.0 Å². The van der Waals surface area contributed by atoms with Crippen LogP contribution in [0.5, 0.6) is 0 Å². The second kappa shape index (κ2) is 10.5. The molecule has 1 aromatic rings. The van der Waals surface area contributed by atoms with Gasteiger partial charge in [-0.2, -0.15) is 0 Å². The molecule has 1 aliphatic carbocycles. The molecule has 0 spiro atoms. The third-order valence-corrected chi connectivity index (χ3v) is 7.91. The molecule has 3 N–H and O–H groups in total. The van der Waals surface area contributed by atoms with E-state index in [1.54, 1.807) is 12.1 Å². The highest BCUT2D eigenvalue weighted by Gasteiger charge is 2.25. The first-order valence-electron chi connectivity index (χ1n) is 11.9.